The topological polar surface area (TPSA) is 38.9 Å². The molecule has 2 nitrogen and oxygen atoms in total. The first kappa shape index (κ1) is 19.7. The number of benzene rings is 2. The van der Waals surface area contributed by atoms with Gasteiger partial charge in [0.2, 0.25) is 0 Å². The number of rotatable bonds is 4. The Labute approximate surface area is 178 Å². The fourth-order valence-electron chi connectivity index (χ4n) is 3.89. The molecule has 1 saturated carbocycles. The molecule has 1 fully saturated rings. The molecule has 0 amide bonds. The van der Waals surface area contributed by atoms with Crippen molar-refractivity contribution in [3.8, 4) is 23.0 Å². The van der Waals surface area contributed by atoms with Crippen LogP contribution in [-0.4, -0.2) is 10.5 Å². The normalized spacial score (nSPS) is 15.0. The third kappa shape index (κ3) is 5.26. The number of hydrogen-bond donors (Lipinski definition) is 1. The van der Waals surface area contributed by atoms with Gasteiger partial charge in [0.25, 0.3) is 0 Å². The van der Waals surface area contributed by atoms with Crippen molar-refractivity contribution >= 4 is 11.6 Å². The third-order valence-electron chi connectivity index (χ3n) is 5.74. The fraction of sp³-hybridized carbons (Fsp3) is 0.269. The van der Waals surface area contributed by atoms with Crippen LogP contribution >= 0.6 is 11.6 Å². The van der Waals surface area contributed by atoms with Crippen LogP contribution in [0.2, 0.25) is 5.02 Å². The van der Waals surface area contributed by atoms with E-state index in [1.165, 1.54) is 31.2 Å². The lowest BCUT2D eigenvalue weighted by Gasteiger charge is -2.23. The van der Waals surface area contributed by atoms with Crippen LogP contribution in [0.15, 0.2) is 66.9 Å². The first-order valence-corrected chi connectivity index (χ1v) is 10.6. The van der Waals surface area contributed by atoms with Gasteiger partial charge in [0.05, 0.1) is 0 Å². The SMILES string of the molecule is NC1(CCc2ccc(C#Cc3ccc(-c4ccc(Cl)cc4)cn3)cc2)CCCC1. The van der Waals surface area contributed by atoms with Crippen LogP contribution in [0.4, 0.5) is 0 Å². The summed E-state index contributed by atoms with van der Waals surface area (Å²) < 4.78 is 0. The van der Waals surface area contributed by atoms with E-state index in [9.17, 15) is 0 Å². The van der Waals surface area contributed by atoms with Crippen molar-refractivity contribution in [1.82, 2.24) is 4.98 Å². The summed E-state index contributed by atoms with van der Waals surface area (Å²) >= 11 is 5.95. The predicted octanol–water partition coefficient (Wildman–Crippen LogP) is 6.01. The second-order valence-electron chi connectivity index (χ2n) is 7.96. The molecule has 0 atom stereocenters. The van der Waals surface area contributed by atoms with Gasteiger partial charge in [0, 0.05) is 27.9 Å². The maximum atomic E-state index is 6.47. The second kappa shape index (κ2) is 8.82. The van der Waals surface area contributed by atoms with Gasteiger partial charge >= 0.3 is 0 Å². The third-order valence-corrected chi connectivity index (χ3v) is 5.99. The molecule has 0 bridgehead atoms. The summed E-state index contributed by atoms with van der Waals surface area (Å²) in [5.74, 6) is 6.35. The van der Waals surface area contributed by atoms with Gasteiger partial charge in [-0.05, 0) is 73.1 Å². The Morgan fingerprint density at radius 3 is 2.21 bits per heavy atom. The van der Waals surface area contributed by atoms with E-state index in [0.29, 0.717) is 0 Å². The number of hydrogen-bond acceptors (Lipinski definition) is 2. The molecule has 0 radical (unpaired) electrons. The smallest absolute Gasteiger partial charge is 0.113 e. The Hall–Kier alpha value is -2.60. The molecule has 3 heteroatoms. The fourth-order valence-corrected chi connectivity index (χ4v) is 4.02. The highest BCUT2D eigenvalue weighted by atomic mass is 35.5. The number of halogens is 1. The Morgan fingerprint density at radius 1 is 0.862 bits per heavy atom. The van der Waals surface area contributed by atoms with Gasteiger partial charge in [-0.25, -0.2) is 4.98 Å². The average molecular weight is 401 g/mol. The van der Waals surface area contributed by atoms with Crippen LogP contribution in [0, 0.1) is 11.8 Å². The molecule has 0 spiro atoms. The van der Waals surface area contributed by atoms with E-state index in [-0.39, 0.29) is 5.54 Å². The minimum Gasteiger partial charge on any atom is -0.325 e. The van der Waals surface area contributed by atoms with E-state index in [4.69, 9.17) is 17.3 Å². The zero-order chi connectivity index (χ0) is 20.1. The van der Waals surface area contributed by atoms with Gasteiger partial charge < -0.3 is 5.73 Å². The summed E-state index contributed by atoms with van der Waals surface area (Å²) in [6, 6.07) is 20.2. The van der Waals surface area contributed by atoms with E-state index in [1.54, 1.807) is 0 Å². The van der Waals surface area contributed by atoms with Crippen LogP contribution in [0.1, 0.15) is 48.9 Å². The van der Waals surface area contributed by atoms with Crippen LogP contribution in [0.5, 0.6) is 0 Å². The molecule has 1 aromatic heterocycles. The lowest BCUT2D eigenvalue weighted by Crippen LogP contribution is -2.36. The highest BCUT2D eigenvalue weighted by Gasteiger charge is 2.28. The number of nitrogens with two attached hydrogens (primary N) is 1. The average Bonchev–Trinajstić information content (AvgIpc) is 3.19. The molecule has 2 N–H and O–H groups in total. The molecule has 0 saturated heterocycles. The molecule has 0 aliphatic heterocycles. The number of aryl methyl sites for hydroxylation is 1. The molecular formula is C26H25ClN2. The Bertz CT molecular complexity index is 1000. The molecule has 0 unspecified atom stereocenters. The van der Waals surface area contributed by atoms with Gasteiger partial charge in [-0.1, -0.05) is 60.7 Å². The molecule has 1 aliphatic carbocycles. The summed E-state index contributed by atoms with van der Waals surface area (Å²) in [6.07, 6.45) is 8.85. The van der Waals surface area contributed by atoms with Gasteiger partial charge in [-0.2, -0.15) is 0 Å². The quantitative estimate of drug-likeness (QED) is 0.545. The molecule has 2 aromatic carbocycles. The van der Waals surface area contributed by atoms with E-state index in [1.807, 2.05) is 42.6 Å². The van der Waals surface area contributed by atoms with Crippen molar-refractivity contribution in [3.05, 3.63) is 88.7 Å². The lowest BCUT2D eigenvalue weighted by atomic mass is 9.91. The standard InChI is InChI=1S/C26H25ClN2/c27-24-11-8-22(9-12-24)23-10-14-25(29-19-23)13-7-20-3-5-21(6-4-20)15-18-26(28)16-1-2-17-26/h3-6,8-12,14,19H,1-2,15-18,28H2. The van der Waals surface area contributed by atoms with Crippen molar-refractivity contribution in [3.63, 3.8) is 0 Å². The molecule has 29 heavy (non-hydrogen) atoms. The second-order valence-corrected chi connectivity index (χ2v) is 8.39. The number of pyridine rings is 1. The Kier molecular flexibility index (Phi) is 6.00. The Balaban J connectivity index is 1.37. The molecule has 146 valence electrons. The number of nitrogens with zero attached hydrogens (tertiary/aromatic N) is 1. The van der Waals surface area contributed by atoms with Crippen LogP contribution in [0.3, 0.4) is 0 Å². The van der Waals surface area contributed by atoms with Crippen molar-refractivity contribution in [2.75, 3.05) is 0 Å². The lowest BCUT2D eigenvalue weighted by molar-refractivity contribution is 0.406. The van der Waals surface area contributed by atoms with Crippen LogP contribution in [-0.2, 0) is 6.42 Å². The summed E-state index contributed by atoms with van der Waals surface area (Å²) in [5.41, 5.74) is 11.8. The van der Waals surface area contributed by atoms with Crippen molar-refractivity contribution in [2.24, 2.45) is 5.73 Å². The number of aromatic nitrogens is 1. The minimum atomic E-state index is 0.0579. The maximum Gasteiger partial charge on any atom is 0.113 e. The summed E-state index contributed by atoms with van der Waals surface area (Å²) in [6.45, 7) is 0. The molecule has 1 heterocycles. The summed E-state index contributed by atoms with van der Waals surface area (Å²) in [7, 11) is 0. The maximum absolute atomic E-state index is 6.47. The summed E-state index contributed by atoms with van der Waals surface area (Å²) in [4.78, 5) is 4.47. The summed E-state index contributed by atoms with van der Waals surface area (Å²) in [5, 5.41) is 0.733. The van der Waals surface area contributed by atoms with E-state index in [0.717, 1.165) is 40.2 Å². The molecule has 1 aliphatic rings. The monoisotopic (exact) mass is 400 g/mol. The van der Waals surface area contributed by atoms with Gasteiger partial charge in [-0.3, -0.25) is 0 Å². The first-order valence-electron chi connectivity index (χ1n) is 10.2. The van der Waals surface area contributed by atoms with E-state index in [2.05, 4.69) is 41.1 Å². The van der Waals surface area contributed by atoms with E-state index >= 15 is 0 Å². The minimum absolute atomic E-state index is 0.0579. The molecular weight excluding hydrogens is 376 g/mol. The van der Waals surface area contributed by atoms with Gasteiger partial charge in [0.1, 0.15) is 5.69 Å². The Morgan fingerprint density at radius 2 is 1.55 bits per heavy atom. The van der Waals surface area contributed by atoms with Gasteiger partial charge in [-0.15, -0.1) is 0 Å². The van der Waals surface area contributed by atoms with Crippen molar-refractivity contribution in [2.45, 2.75) is 44.1 Å². The molecule has 3 aromatic rings. The zero-order valence-electron chi connectivity index (χ0n) is 16.5. The zero-order valence-corrected chi connectivity index (χ0v) is 17.3. The van der Waals surface area contributed by atoms with E-state index < -0.39 is 0 Å². The largest absolute Gasteiger partial charge is 0.325 e. The van der Waals surface area contributed by atoms with Crippen LogP contribution < -0.4 is 5.73 Å². The van der Waals surface area contributed by atoms with Crippen molar-refractivity contribution in [1.29, 1.82) is 0 Å². The highest BCUT2D eigenvalue weighted by molar-refractivity contribution is 6.30. The predicted molar refractivity (Wildman–Crippen MR) is 121 cm³/mol. The van der Waals surface area contributed by atoms with Crippen molar-refractivity contribution < 1.29 is 0 Å². The first-order chi connectivity index (χ1) is 14.1. The van der Waals surface area contributed by atoms with Crippen LogP contribution in [0.25, 0.3) is 11.1 Å². The highest BCUT2D eigenvalue weighted by Crippen LogP contribution is 2.31. The molecule has 4 rings (SSSR count). The van der Waals surface area contributed by atoms with Gasteiger partial charge in [0.15, 0.2) is 0 Å².